The van der Waals surface area contributed by atoms with Gasteiger partial charge in [0.15, 0.2) is 0 Å². The Morgan fingerprint density at radius 1 is 0.952 bits per heavy atom. The molecular weight excluding hydrogens is 264 g/mol. The Morgan fingerprint density at radius 3 is 2.00 bits per heavy atom. The maximum atomic E-state index is 12.2. The lowest BCUT2D eigenvalue weighted by molar-refractivity contribution is -0.134. The lowest BCUT2D eigenvalue weighted by Gasteiger charge is -2.40. The Balaban J connectivity index is 1.67. The molecule has 2 rings (SSSR count). The molecule has 0 N–H and O–H groups in total. The molecule has 122 valence electrons. The fourth-order valence-corrected chi connectivity index (χ4v) is 2.98. The predicted octanol–water partition coefficient (Wildman–Crippen LogP) is 0.772. The van der Waals surface area contributed by atoms with Crippen LogP contribution in [-0.4, -0.2) is 91.6 Å². The molecule has 2 aliphatic heterocycles. The number of carbonyl (C=O) groups excluding carboxylic acids is 1. The molecule has 0 aromatic rings. The molecule has 5 heteroatoms. The van der Waals surface area contributed by atoms with Crippen molar-refractivity contribution in [2.24, 2.45) is 5.92 Å². The molecule has 0 spiro atoms. The van der Waals surface area contributed by atoms with Crippen LogP contribution < -0.4 is 0 Å². The second-order valence-corrected chi connectivity index (χ2v) is 6.78. The monoisotopic (exact) mass is 296 g/mol. The Morgan fingerprint density at radius 2 is 1.48 bits per heavy atom. The van der Waals surface area contributed by atoms with Gasteiger partial charge in [-0.15, -0.1) is 0 Å². The van der Waals surface area contributed by atoms with Crippen molar-refractivity contribution in [1.29, 1.82) is 0 Å². The zero-order chi connectivity index (χ0) is 15.2. The Bertz CT molecular complexity index is 320. The molecule has 1 unspecified atom stereocenters. The Hall–Kier alpha value is -0.650. The van der Waals surface area contributed by atoms with Crippen molar-refractivity contribution in [2.45, 2.75) is 26.7 Å². The van der Waals surface area contributed by atoms with E-state index in [1.165, 1.54) is 26.2 Å². The van der Waals surface area contributed by atoms with Gasteiger partial charge in [-0.05, 0) is 13.0 Å². The lowest BCUT2D eigenvalue weighted by atomic mass is 10.0. The summed E-state index contributed by atoms with van der Waals surface area (Å²) in [5.74, 6) is 0.865. The lowest BCUT2D eigenvalue weighted by Crippen LogP contribution is -2.54. The van der Waals surface area contributed by atoms with E-state index in [-0.39, 0.29) is 0 Å². The number of likely N-dealkylation sites (N-methyl/N-ethyl adjacent to an activating group) is 1. The molecule has 0 saturated carbocycles. The number of hydrogen-bond acceptors (Lipinski definition) is 4. The van der Waals surface area contributed by atoms with Crippen LogP contribution in [0.2, 0.25) is 0 Å². The second-order valence-electron chi connectivity index (χ2n) is 6.78. The summed E-state index contributed by atoms with van der Waals surface area (Å²) in [7, 11) is 2.19. The first kappa shape index (κ1) is 16.7. The average Bonchev–Trinajstić information content (AvgIpc) is 2.50. The van der Waals surface area contributed by atoms with E-state index in [9.17, 15) is 4.79 Å². The molecule has 2 aliphatic rings. The molecule has 2 heterocycles. The third-order valence-electron chi connectivity index (χ3n) is 4.94. The van der Waals surface area contributed by atoms with E-state index in [0.29, 0.717) is 11.8 Å². The molecule has 0 bridgehead atoms. The molecule has 2 fully saturated rings. The quantitative estimate of drug-likeness (QED) is 0.750. The largest absolute Gasteiger partial charge is 0.340 e. The highest BCUT2D eigenvalue weighted by molar-refractivity contribution is 5.76. The van der Waals surface area contributed by atoms with Gasteiger partial charge in [0, 0.05) is 58.8 Å². The van der Waals surface area contributed by atoms with E-state index < -0.39 is 0 Å². The molecular formula is C16H32N4O. The minimum Gasteiger partial charge on any atom is -0.340 e. The smallest absolute Gasteiger partial charge is 0.222 e. The van der Waals surface area contributed by atoms with Gasteiger partial charge in [-0.2, -0.15) is 0 Å². The Kier molecular flexibility index (Phi) is 6.45. The average molecular weight is 296 g/mol. The van der Waals surface area contributed by atoms with Crippen molar-refractivity contribution in [2.75, 3.05) is 66.1 Å². The fraction of sp³-hybridized carbons (Fsp3) is 0.938. The van der Waals surface area contributed by atoms with Crippen LogP contribution >= 0.6 is 0 Å². The molecule has 0 aliphatic carbocycles. The summed E-state index contributed by atoms with van der Waals surface area (Å²) in [6.07, 6.45) is 1.81. The third-order valence-corrected chi connectivity index (χ3v) is 4.94. The van der Waals surface area contributed by atoms with Crippen LogP contribution in [0.5, 0.6) is 0 Å². The summed E-state index contributed by atoms with van der Waals surface area (Å²) in [6, 6.07) is 0. The van der Waals surface area contributed by atoms with Gasteiger partial charge in [0.1, 0.15) is 0 Å². The maximum Gasteiger partial charge on any atom is 0.222 e. The molecule has 0 radical (unpaired) electrons. The van der Waals surface area contributed by atoms with Crippen LogP contribution in [0.15, 0.2) is 0 Å². The van der Waals surface area contributed by atoms with Crippen LogP contribution in [0.4, 0.5) is 0 Å². The van der Waals surface area contributed by atoms with Crippen LogP contribution in [0, 0.1) is 5.92 Å². The van der Waals surface area contributed by atoms with Gasteiger partial charge in [0.2, 0.25) is 5.91 Å². The first-order valence-electron chi connectivity index (χ1n) is 8.49. The van der Waals surface area contributed by atoms with Crippen LogP contribution in [0.1, 0.15) is 26.7 Å². The SMILES string of the molecule is CCC(C)CC(=O)N1CCN(CN2CCN(C)CC2)CC1. The first-order chi connectivity index (χ1) is 10.1. The summed E-state index contributed by atoms with van der Waals surface area (Å²) >= 11 is 0. The normalized spacial score (nSPS) is 24.2. The van der Waals surface area contributed by atoms with E-state index in [1.54, 1.807) is 0 Å². The predicted molar refractivity (Wildman–Crippen MR) is 86.2 cm³/mol. The van der Waals surface area contributed by atoms with Crippen molar-refractivity contribution in [3.05, 3.63) is 0 Å². The van der Waals surface area contributed by atoms with E-state index in [2.05, 4.69) is 40.5 Å². The van der Waals surface area contributed by atoms with Crippen LogP contribution in [0.3, 0.4) is 0 Å². The zero-order valence-electron chi connectivity index (χ0n) is 14.1. The molecule has 21 heavy (non-hydrogen) atoms. The summed E-state index contributed by atoms with van der Waals surface area (Å²) in [6.45, 7) is 14.0. The van der Waals surface area contributed by atoms with Gasteiger partial charge >= 0.3 is 0 Å². The minimum atomic E-state index is 0.351. The number of rotatable bonds is 5. The van der Waals surface area contributed by atoms with Crippen molar-refractivity contribution in [1.82, 2.24) is 19.6 Å². The van der Waals surface area contributed by atoms with Gasteiger partial charge in [0.05, 0.1) is 6.67 Å². The van der Waals surface area contributed by atoms with Crippen LogP contribution in [0.25, 0.3) is 0 Å². The van der Waals surface area contributed by atoms with Crippen LogP contribution in [-0.2, 0) is 4.79 Å². The van der Waals surface area contributed by atoms with E-state index in [0.717, 1.165) is 45.7 Å². The molecule has 1 atom stereocenters. The molecule has 0 aromatic heterocycles. The number of amides is 1. The topological polar surface area (TPSA) is 30.0 Å². The van der Waals surface area contributed by atoms with E-state index >= 15 is 0 Å². The standard InChI is InChI=1S/C16H32N4O/c1-4-15(2)13-16(21)20-11-9-19(10-12-20)14-18-7-5-17(3)6-8-18/h15H,4-14H2,1-3H3. The highest BCUT2D eigenvalue weighted by Gasteiger charge is 2.23. The Labute approximate surface area is 129 Å². The van der Waals surface area contributed by atoms with E-state index in [1.807, 2.05) is 0 Å². The number of hydrogen-bond donors (Lipinski definition) is 0. The van der Waals surface area contributed by atoms with Gasteiger partial charge < -0.3 is 9.80 Å². The molecule has 2 saturated heterocycles. The van der Waals surface area contributed by atoms with Crippen molar-refractivity contribution in [3.8, 4) is 0 Å². The molecule has 1 amide bonds. The van der Waals surface area contributed by atoms with Gasteiger partial charge in [-0.3, -0.25) is 14.6 Å². The zero-order valence-corrected chi connectivity index (χ0v) is 14.1. The third kappa shape index (κ3) is 5.24. The minimum absolute atomic E-state index is 0.351. The van der Waals surface area contributed by atoms with Crippen molar-refractivity contribution < 1.29 is 4.79 Å². The number of piperazine rings is 2. The highest BCUT2D eigenvalue weighted by Crippen LogP contribution is 2.12. The van der Waals surface area contributed by atoms with Gasteiger partial charge in [-0.25, -0.2) is 0 Å². The highest BCUT2D eigenvalue weighted by atomic mass is 16.2. The number of carbonyl (C=O) groups is 1. The number of nitrogens with zero attached hydrogens (tertiary/aromatic N) is 4. The molecule has 5 nitrogen and oxygen atoms in total. The first-order valence-corrected chi connectivity index (χ1v) is 8.49. The van der Waals surface area contributed by atoms with Gasteiger partial charge in [0.25, 0.3) is 0 Å². The summed E-state index contributed by atoms with van der Waals surface area (Å²) in [5, 5.41) is 0. The van der Waals surface area contributed by atoms with Crippen molar-refractivity contribution >= 4 is 5.91 Å². The van der Waals surface area contributed by atoms with E-state index in [4.69, 9.17) is 0 Å². The summed E-state index contributed by atoms with van der Waals surface area (Å²) in [4.78, 5) is 21.7. The summed E-state index contributed by atoms with van der Waals surface area (Å²) < 4.78 is 0. The second kappa shape index (κ2) is 8.11. The maximum absolute atomic E-state index is 12.2. The summed E-state index contributed by atoms with van der Waals surface area (Å²) in [5.41, 5.74) is 0. The van der Waals surface area contributed by atoms with Gasteiger partial charge in [-0.1, -0.05) is 20.3 Å². The van der Waals surface area contributed by atoms with Crippen molar-refractivity contribution in [3.63, 3.8) is 0 Å². The fourth-order valence-electron chi connectivity index (χ4n) is 2.98. The molecule has 0 aromatic carbocycles.